The van der Waals surface area contributed by atoms with Crippen molar-refractivity contribution in [2.24, 2.45) is 16.5 Å². The zero-order chi connectivity index (χ0) is 14.4. The monoisotopic (exact) mass is 267 g/mol. The number of aliphatic imine (C=N–C) groups is 1. The summed E-state index contributed by atoms with van der Waals surface area (Å²) in [7, 11) is 1.71. The average Bonchev–Trinajstić information content (AvgIpc) is 2.53. The number of hydrogen-bond donors (Lipinski definition) is 2. The molecule has 0 aliphatic carbocycles. The van der Waals surface area contributed by atoms with Crippen molar-refractivity contribution in [3.8, 4) is 0 Å². The zero-order valence-electron chi connectivity index (χ0n) is 11.8. The summed E-state index contributed by atoms with van der Waals surface area (Å²) in [5.74, 6) is 0.583. The van der Waals surface area contributed by atoms with Crippen LogP contribution < -0.4 is 11.5 Å². The normalized spacial score (nSPS) is 11.6. The second kappa shape index (κ2) is 6.87. The summed E-state index contributed by atoms with van der Waals surface area (Å²) < 4.78 is 0. The van der Waals surface area contributed by atoms with Crippen LogP contribution in [0.1, 0.15) is 22.3 Å². The number of amidine groups is 1. The Hall–Kier alpha value is -2.13. The molecule has 3 heteroatoms. The number of hydrogen-bond acceptors (Lipinski definition) is 2. The van der Waals surface area contributed by atoms with Gasteiger partial charge in [-0.2, -0.15) is 0 Å². The van der Waals surface area contributed by atoms with Crippen LogP contribution in [-0.2, 0) is 19.4 Å². The Balaban J connectivity index is 2.03. The highest BCUT2D eigenvalue weighted by molar-refractivity contribution is 5.97. The van der Waals surface area contributed by atoms with E-state index in [9.17, 15) is 0 Å². The fourth-order valence-electron chi connectivity index (χ4n) is 2.15. The Morgan fingerprint density at radius 2 is 1.60 bits per heavy atom. The lowest BCUT2D eigenvalue weighted by Crippen LogP contribution is -2.13. The van der Waals surface area contributed by atoms with Crippen LogP contribution >= 0.6 is 0 Å². The molecule has 2 rings (SSSR count). The molecule has 0 amide bonds. The van der Waals surface area contributed by atoms with E-state index in [2.05, 4.69) is 41.4 Å². The lowest BCUT2D eigenvalue weighted by molar-refractivity contribution is 0.955. The van der Waals surface area contributed by atoms with Gasteiger partial charge < -0.3 is 11.5 Å². The van der Waals surface area contributed by atoms with Gasteiger partial charge in [-0.1, -0.05) is 42.5 Å². The third kappa shape index (κ3) is 3.68. The maximum atomic E-state index is 5.84. The van der Waals surface area contributed by atoms with Gasteiger partial charge in [-0.25, -0.2) is 0 Å². The molecule has 0 fully saturated rings. The molecule has 0 bridgehead atoms. The summed E-state index contributed by atoms with van der Waals surface area (Å²) in [5, 5.41) is 0. The van der Waals surface area contributed by atoms with E-state index in [4.69, 9.17) is 11.5 Å². The highest BCUT2D eigenvalue weighted by atomic mass is 14.8. The van der Waals surface area contributed by atoms with Crippen LogP contribution in [0.15, 0.2) is 53.5 Å². The van der Waals surface area contributed by atoms with Crippen LogP contribution in [0.4, 0.5) is 0 Å². The van der Waals surface area contributed by atoms with E-state index >= 15 is 0 Å². The predicted molar refractivity (Wildman–Crippen MR) is 84.8 cm³/mol. The van der Waals surface area contributed by atoms with E-state index in [1.54, 1.807) is 7.05 Å². The first-order valence-electron chi connectivity index (χ1n) is 6.82. The first-order valence-corrected chi connectivity index (χ1v) is 6.82. The van der Waals surface area contributed by atoms with Crippen molar-refractivity contribution in [2.75, 3.05) is 7.05 Å². The third-order valence-corrected chi connectivity index (χ3v) is 3.42. The van der Waals surface area contributed by atoms with E-state index in [1.165, 1.54) is 16.7 Å². The molecule has 0 atom stereocenters. The van der Waals surface area contributed by atoms with Gasteiger partial charge in [-0.15, -0.1) is 0 Å². The summed E-state index contributed by atoms with van der Waals surface area (Å²) in [4.78, 5) is 4.02. The number of nitrogens with two attached hydrogens (primary N) is 2. The molecule has 2 aromatic carbocycles. The van der Waals surface area contributed by atoms with E-state index in [-0.39, 0.29) is 0 Å². The highest BCUT2D eigenvalue weighted by Crippen LogP contribution is 2.11. The molecule has 4 N–H and O–H groups in total. The first kappa shape index (κ1) is 14.3. The van der Waals surface area contributed by atoms with Gasteiger partial charge in [0.2, 0.25) is 0 Å². The van der Waals surface area contributed by atoms with Gasteiger partial charge in [0.05, 0.1) is 0 Å². The van der Waals surface area contributed by atoms with Crippen LogP contribution in [0.3, 0.4) is 0 Å². The SMILES string of the molecule is CN=C(N)c1cccc(CCc2ccc(CN)cc2)c1. The van der Waals surface area contributed by atoms with E-state index < -0.39 is 0 Å². The molecule has 20 heavy (non-hydrogen) atoms. The molecular weight excluding hydrogens is 246 g/mol. The van der Waals surface area contributed by atoms with Crippen molar-refractivity contribution < 1.29 is 0 Å². The minimum Gasteiger partial charge on any atom is -0.384 e. The lowest BCUT2D eigenvalue weighted by Gasteiger charge is -2.06. The molecule has 0 spiro atoms. The van der Waals surface area contributed by atoms with Crippen LogP contribution in [0.25, 0.3) is 0 Å². The zero-order valence-corrected chi connectivity index (χ0v) is 11.8. The molecule has 0 aliphatic rings. The minimum absolute atomic E-state index is 0.583. The Morgan fingerprint density at radius 1 is 0.950 bits per heavy atom. The molecule has 0 heterocycles. The molecular formula is C17H21N3. The van der Waals surface area contributed by atoms with Crippen molar-refractivity contribution in [3.05, 3.63) is 70.8 Å². The lowest BCUT2D eigenvalue weighted by atomic mass is 10.0. The Morgan fingerprint density at radius 3 is 2.25 bits per heavy atom. The molecule has 0 aliphatic heterocycles. The van der Waals surface area contributed by atoms with Crippen LogP contribution in [0.5, 0.6) is 0 Å². The van der Waals surface area contributed by atoms with Gasteiger partial charge in [0.25, 0.3) is 0 Å². The molecule has 0 aromatic heterocycles. The molecule has 0 radical (unpaired) electrons. The number of rotatable bonds is 5. The van der Waals surface area contributed by atoms with Gasteiger partial charge in [-0.05, 0) is 35.6 Å². The highest BCUT2D eigenvalue weighted by Gasteiger charge is 2.01. The maximum Gasteiger partial charge on any atom is 0.125 e. The van der Waals surface area contributed by atoms with E-state index in [1.807, 2.05) is 12.1 Å². The second-order valence-electron chi connectivity index (χ2n) is 4.83. The smallest absolute Gasteiger partial charge is 0.125 e. The fraction of sp³-hybridized carbons (Fsp3) is 0.235. The van der Waals surface area contributed by atoms with Gasteiger partial charge in [-0.3, -0.25) is 4.99 Å². The predicted octanol–water partition coefficient (Wildman–Crippen LogP) is 2.27. The van der Waals surface area contributed by atoms with Crippen molar-refractivity contribution >= 4 is 5.84 Å². The number of benzene rings is 2. The summed E-state index contributed by atoms with van der Waals surface area (Å²) in [5.41, 5.74) is 16.2. The summed E-state index contributed by atoms with van der Waals surface area (Å²) in [6, 6.07) is 16.7. The van der Waals surface area contributed by atoms with Crippen LogP contribution in [0, 0.1) is 0 Å². The van der Waals surface area contributed by atoms with Crippen molar-refractivity contribution in [2.45, 2.75) is 19.4 Å². The first-order chi connectivity index (χ1) is 9.72. The summed E-state index contributed by atoms with van der Waals surface area (Å²) >= 11 is 0. The van der Waals surface area contributed by atoms with Gasteiger partial charge in [0.15, 0.2) is 0 Å². The van der Waals surface area contributed by atoms with E-state index in [0.717, 1.165) is 18.4 Å². The maximum absolute atomic E-state index is 5.84. The Bertz CT molecular complexity index is 585. The standard InChI is InChI=1S/C17H21N3/c1-20-17(19)16-4-2-3-14(11-16)8-5-13-6-9-15(12-18)10-7-13/h2-4,6-7,9-11H,5,8,12,18H2,1H3,(H2,19,20). The van der Waals surface area contributed by atoms with Gasteiger partial charge >= 0.3 is 0 Å². The van der Waals surface area contributed by atoms with Crippen molar-refractivity contribution in [3.63, 3.8) is 0 Å². The Labute approximate surface area is 120 Å². The van der Waals surface area contributed by atoms with Crippen LogP contribution in [-0.4, -0.2) is 12.9 Å². The second-order valence-corrected chi connectivity index (χ2v) is 4.83. The minimum atomic E-state index is 0.583. The molecule has 2 aromatic rings. The largest absolute Gasteiger partial charge is 0.384 e. The van der Waals surface area contributed by atoms with E-state index in [0.29, 0.717) is 12.4 Å². The molecule has 0 unspecified atom stereocenters. The van der Waals surface area contributed by atoms with Crippen molar-refractivity contribution in [1.29, 1.82) is 0 Å². The van der Waals surface area contributed by atoms with Gasteiger partial charge in [0.1, 0.15) is 5.84 Å². The fourth-order valence-corrected chi connectivity index (χ4v) is 2.15. The topological polar surface area (TPSA) is 64.4 Å². The number of aryl methyl sites for hydroxylation is 2. The molecule has 104 valence electrons. The third-order valence-electron chi connectivity index (χ3n) is 3.42. The quantitative estimate of drug-likeness (QED) is 0.644. The molecule has 0 saturated heterocycles. The van der Waals surface area contributed by atoms with Crippen LogP contribution in [0.2, 0.25) is 0 Å². The number of nitrogens with zero attached hydrogens (tertiary/aromatic N) is 1. The Kier molecular flexibility index (Phi) is 4.91. The van der Waals surface area contributed by atoms with Gasteiger partial charge in [0, 0.05) is 19.2 Å². The molecule has 0 saturated carbocycles. The summed E-state index contributed by atoms with van der Waals surface area (Å²) in [6.07, 6.45) is 2.00. The molecule has 3 nitrogen and oxygen atoms in total. The average molecular weight is 267 g/mol. The summed E-state index contributed by atoms with van der Waals surface area (Å²) in [6.45, 7) is 0.595. The van der Waals surface area contributed by atoms with Crippen molar-refractivity contribution in [1.82, 2.24) is 0 Å².